The molecule has 4 aromatic heterocycles. The SMILES string of the molecule is Cc1ccc(-c2[c-]cc(F)c(-c3ccccc3)c2)nc1.Cc1ccc(-c2[c-]ccc(-c3ccccc3)c2)nc1.[C-]#[N+]c1ccc(-c2cc[c-]c(-c3ccc(C)cn3)c2)cc1.[Ir].[Ir].[Ir].[Ir].[c-]1ccc(-c2ccccc2)cc1-c1ccccn1. The number of pyridine rings is 4. The van der Waals surface area contributed by atoms with Crippen LogP contribution in [0.4, 0.5) is 10.1 Å². The van der Waals surface area contributed by atoms with Crippen molar-refractivity contribution in [2.24, 2.45) is 0 Å². The van der Waals surface area contributed by atoms with Crippen LogP contribution in [0.1, 0.15) is 16.7 Å². The topological polar surface area (TPSA) is 55.9 Å². The standard InChI is InChI=1S/C19H13N2.C18H13FN.C18H14N.C17H12N.4Ir/c1-14-6-11-19(21-13-14)17-5-3-4-16(12-17)15-7-9-18(20-2)10-8-15;1-13-7-10-18(20-12-13)15-8-9-17(19)16(11-15)14-5-3-2-4-6-14;1-14-10-11-18(19-13-14)17-9-5-8-16(12-17)15-6-3-2-4-7-15;1-2-7-14(8-3-1)15-9-6-10-16(13-15)17-11-4-5-12-18-17;;;;/h3-4,6-13H,1H3;2-7,9-12H,1H3;2-8,10-13H,1H3;1-9,11-13H;;;;/q4*-1;;;;. The van der Waals surface area contributed by atoms with Crippen molar-refractivity contribution in [2.75, 3.05) is 0 Å². The molecule has 8 aromatic carbocycles. The molecule has 0 fully saturated rings. The van der Waals surface area contributed by atoms with Crippen LogP contribution in [0, 0.1) is 57.4 Å². The molecule has 0 atom stereocenters. The van der Waals surface area contributed by atoms with Gasteiger partial charge in [0, 0.05) is 111 Å². The van der Waals surface area contributed by atoms with E-state index in [0.717, 1.165) is 72.8 Å². The molecule has 0 saturated heterocycles. The zero-order chi connectivity index (χ0) is 53.9. The minimum absolute atomic E-state index is 0. The summed E-state index contributed by atoms with van der Waals surface area (Å²) in [6.07, 6.45) is 7.35. The molecule has 0 aliphatic heterocycles. The normalized spacial score (nSPS) is 9.79. The number of rotatable bonds is 8. The third kappa shape index (κ3) is 18.4. The quantitative estimate of drug-likeness (QED) is 0.142. The summed E-state index contributed by atoms with van der Waals surface area (Å²) < 4.78 is 14.0. The number of halogens is 1. The summed E-state index contributed by atoms with van der Waals surface area (Å²) >= 11 is 0. The Morgan fingerprint density at radius 1 is 0.354 bits per heavy atom. The fourth-order valence-electron chi connectivity index (χ4n) is 8.24. The van der Waals surface area contributed by atoms with E-state index in [-0.39, 0.29) is 86.2 Å². The Bertz CT molecular complexity index is 3810. The van der Waals surface area contributed by atoms with Gasteiger partial charge in [0.25, 0.3) is 0 Å². The van der Waals surface area contributed by atoms with Crippen molar-refractivity contribution in [3.8, 4) is 89.5 Å². The zero-order valence-electron chi connectivity index (χ0n) is 44.8. The van der Waals surface area contributed by atoms with Gasteiger partial charge in [-0.2, -0.15) is 0 Å². The minimum atomic E-state index is -0.271. The van der Waals surface area contributed by atoms with Crippen LogP contribution >= 0.6 is 0 Å². The number of benzene rings is 8. The van der Waals surface area contributed by atoms with Crippen molar-refractivity contribution in [2.45, 2.75) is 20.8 Å². The summed E-state index contributed by atoms with van der Waals surface area (Å²) in [5.74, 6) is -0.271. The fourth-order valence-corrected chi connectivity index (χ4v) is 8.24. The first-order valence-corrected chi connectivity index (χ1v) is 25.4. The maximum atomic E-state index is 14.0. The first-order chi connectivity index (χ1) is 38.3. The van der Waals surface area contributed by atoms with Crippen molar-refractivity contribution < 1.29 is 84.8 Å². The van der Waals surface area contributed by atoms with Gasteiger partial charge in [-0.15, -0.1) is 130 Å². The van der Waals surface area contributed by atoms with Gasteiger partial charge in [0.15, 0.2) is 5.69 Å². The number of hydrogen-bond donors (Lipinski definition) is 0. The van der Waals surface area contributed by atoms with Crippen molar-refractivity contribution >= 4 is 5.69 Å². The molecular weight excluding hydrogens is 1720 g/mol. The predicted octanol–water partition coefficient (Wildman–Crippen LogP) is 18.5. The molecular formula is C72H52FIr4N5-4. The summed E-state index contributed by atoms with van der Waals surface area (Å²) in [6.45, 7) is 13.0. The van der Waals surface area contributed by atoms with Gasteiger partial charge >= 0.3 is 0 Å². The van der Waals surface area contributed by atoms with Crippen molar-refractivity contribution in [3.63, 3.8) is 0 Å². The second-order valence-corrected chi connectivity index (χ2v) is 18.2. The van der Waals surface area contributed by atoms with Gasteiger partial charge in [0.05, 0.1) is 6.57 Å². The molecule has 4 heterocycles. The van der Waals surface area contributed by atoms with Gasteiger partial charge in [0.1, 0.15) is 0 Å². The fraction of sp³-hybridized carbons (Fsp3) is 0.0417. The van der Waals surface area contributed by atoms with E-state index in [1.54, 1.807) is 18.5 Å². The van der Waals surface area contributed by atoms with E-state index in [4.69, 9.17) is 6.57 Å². The summed E-state index contributed by atoms with van der Waals surface area (Å²) in [5.41, 5.74) is 19.9. The summed E-state index contributed by atoms with van der Waals surface area (Å²) in [5, 5.41) is 0. The van der Waals surface area contributed by atoms with Gasteiger partial charge < -0.3 is 19.9 Å². The van der Waals surface area contributed by atoms with Crippen LogP contribution in [-0.2, 0) is 80.4 Å². The van der Waals surface area contributed by atoms with E-state index in [0.29, 0.717) is 11.3 Å². The van der Waals surface area contributed by atoms with Gasteiger partial charge in [-0.05, 0) is 88.6 Å². The molecule has 0 amide bonds. The summed E-state index contributed by atoms with van der Waals surface area (Å²) in [6, 6.07) is 89.9. The number of aromatic nitrogens is 4. The Labute approximate surface area is 535 Å². The molecule has 0 spiro atoms. The Balaban J connectivity index is 0.000000197. The van der Waals surface area contributed by atoms with E-state index in [2.05, 4.69) is 122 Å². The Kier molecular flexibility index (Phi) is 26.5. The van der Waals surface area contributed by atoms with Crippen LogP contribution in [0.25, 0.3) is 94.4 Å². The molecule has 0 aliphatic carbocycles. The monoisotopic (exact) mass is 1780 g/mol. The molecule has 412 valence electrons. The van der Waals surface area contributed by atoms with E-state index in [1.807, 2.05) is 185 Å². The maximum Gasteiger partial charge on any atom is 0.187 e. The minimum Gasteiger partial charge on any atom is -0.305 e. The molecule has 0 aliphatic rings. The van der Waals surface area contributed by atoms with E-state index in [9.17, 15) is 4.39 Å². The average Bonchev–Trinajstić information content (AvgIpc) is 3.67. The Hall–Kier alpha value is -7.62. The molecule has 10 heteroatoms. The molecule has 82 heavy (non-hydrogen) atoms. The molecule has 0 bridgehead atoms. The smallest absolute Gasteiger partial charge is 0.187 e. The third-order valence-electron chi connectivity index (χ3n) is 12.4. The number of hydrogen-bond acceptors (Lipinski definition) is 4. The number of nitrogens with zero attached hydrogens (tertiary/aromatic N) is 5. The van der Waals surface area contributed by atoms with Crippen molar-refractivity contribution in [3.05, 3.63) is 320 Å². The summed E-state index contributed by atoms with van der Waals surface area (Å²) in [7, 11) is 0. The molecule has 0 saturated carbocycles. The van der Waals surface area contributed by atoms with Crippen molar-refractivity contribution in [1.29, 1.82) is 0 Å². The van der Waals surface area contributed by atoms with Gasteiger partial charge in [0.2, 0.25) is 0 Å². The van der Waals surface area contributed by atoms with Gasteiger partial charge in [-0.25, -0.2) is 4.85 Å². The van der Waals surface area contributed by atoms with Crippen LogP contribution in [0.15, 0.2) is 261 Å². The Morgan fingerprint density at radius 3 is 1.09 bits per heavy atom. The molecule has 12 rings (SSSR count). The van der Waals surface area contributed by atoms with Crippen LogP contribution in [0.2, 0.25) is 0 Å². The summed E-state index contributed by atoms with van der Waals surface area (Å²) in [4.78, 5) is 21.0. The van der Waals surface area contributed by atoms with Crippen LogP contribution in [0.3, 0.4) is 0 Å². The third-order valence-corrected chi connectivity index (χ3v) is 12.4. The maximum absolute atomic E-state index is 14.0. The largest absolute Gasteiger partial charge is 0.305 e. The first kappa shape index (κ1) is 65.2. The number of aryl methyl sites for hydroxylation is 3. The Morgan fingerprint density at radius 2 is 0.720 bits per heavy atom. The average molecular weight is 1780 g/mol. The molecule has 12 aromatic rings. The second kappa shape index (κ2) is 33.3. The predicted molar refractivity (Wildman–Crippen MR) is 316 cm³/mol. The zero-order valence-corrected chi connectivity index (χ0v) is 54.4. The van der Waals surface area contributed by atoms with E-state index in [1.165, 1.54) is 33.9 Å². The van der Waals surface area contributed by atoms with Crippen molar-refractivity contribution in [1.82, 2.24) is 19.9 Å². The van der Waals surface area contributed by atoms with Crippen LogP contribution in [0.5, 0.6) is 0 Å². The van der Waals surface area contributed by atoms with Crippen LogP contribution in [-0.4, -0.2) is 19.9 Å². The van der Waals surface area contributed by atoms with E-state index >= 15 is 0 Å². The van der Waals surface area contributed by atoms with E-state index < -0.39 is 0 Å². The second-order valence-electron chi connectivity index (χ2n) is 18.2. The first-order valence-electron chi connectivity index (χ1n) is 25.4. The van der Waals surface area contributed by atoms with Crippen LogP contribution < -0.4 is 0 Å². The van der Waals surface area contributed by atoms with Gasteiger partial charge in [-0.3, -0.25) is 4.39 Å². The van der Waals surface area contributed by atoms with Gasteiger partial charge in [-0.1, -0.05) is 169 Å². The molecule has 0 N–H and O–H groups in total. The molecule has 4 radical (unpaired) electrons. The molecule has 5 nitrogen and oxygen atoms in total. The molecule has 0 unspecified atom stereocenters.